The van der Waals surface area contributed by atoms with Crippen molar-refractivity contribution in [3.05, 3.63) is 117 Å². The zero-order chi connectivity index (χ0) is 18.7. The van der Waals surface area contributed by atoms with E-state index in [1.807, 2.05) is 30.3 Å². The molecular weight excluding hydrogens is 328 g/mol. The van der Waals surface area contributed by atoms with Gasteiger partial charge in [-0.05, 0) is 24.6 Å². The summed E-state index contributed by atoms with van der Waals surface area (Å²) in [6.07, 6.45) is 3.08. The summed E-state index contributed by atoms with van der Waals surface area (Å²) in [5, 5.41) is 0. The number of benzene rings is 2. The number of rotatable bonds is 4. The lowest BCUT2D eigenvalue weighted by Gasteiger charge is -2.18. The number of aryl methyl sites for hydroxylation is 1. The summed E-state index contributed by atoms with van der Waals surface area (Å²) in [6, 6.07) is 17.1. The van der Waals surface area contributed by atoms with Crippen LogP contribution >= 0.6 is 0 Å². The smallest absolute Gasteiger partial charge is 0.289 e. The Bertz CT molecular complexity index is 1060. The number of nitrogens with zero attached hydrogens (tertiary/aromatic N) is 2. The average molecular weight is 346 g/mol. The number of hydrogen-bond acceptors (Lipinski definition) is 3. The second-order valence-electron chi connectivity index (χ2n) is 5.90. The highest BCUT2D eigenvalue weighted by atomic mass is 16.2. The molecular formula is C21H18N2O3. The van der Waals surface area contributed by atoms with E-state index in [0.29, 0.717) is 10.1 Å². The largest absolute Gasteiger partial charge is 0.339 e. The van der Waals surface area contributed by atoms with Crippen molar-refractivity contribution in [1.82, 2.24) is 9.13 Å². The quantitative estimate of drug-likeness (QED) is 0.683. The molecule has 0 aliphatic rings. The summed E-state index contributed by atoms with van der Waals surface area (Å²) in [5.74, 6) is -0.645. The number of aromatic nitrogens is 2. The average Bonchev–Trinajstić information content (AvgIpc) is 2.68. The summed E-state index contributed by atoms with van der Waals surface area (Å²) in [7, 11) is 0. The Morgan fingerprint density at radius 1 is 1.00 bits per heavy atom. The topological polar surface area (TPSA) is 61.1 Å². The van der Waals surface area contributed by atoms with Crippen LogP contribution in [0.15, 0.2) is 89.1 Å². The van der Waals surface area contributed by atoms with Crippen LogP contribution in [0.3, 0.4) is 0 Å². The summed E-state index contributed by atoms with van der Waals surface area (Å²) < 4.78 is 2.05. The minimum atomic E-state index is -0.691. The molecule has 0 fully saturated rings. The van der Waals surface area contributed by atoms with Crippen LogP contribution < -0.4 is 11.2 Å². The van der Waals surface area contributed by atoms with Crippen LogP contribution in [0, 0.1) is 6.92 Å². The van der Waals surface area contributed by atoms with Gasteiger partial charge in [0, 0.05) is 17.3 Å². The van der Waals surface area contributed by atoms with E-state index >= 15 is 0 Å². The normalized spacial score (nSPS) is 11.7. The summed E-state index contributed by atoms with van der Waals surface area (Å²) >= 11 is 0. The van der Waals surface area contributed by atoms with Gasteiger partial charge in [-0.15, -0.1) is 6.58 Å². The van der Waals surface area contributed by atoms with Gasteiger partial charge in [0.1, 0.15) is 0 Å². The third-order valence-electron chi connectivity index (χ3n) is 4.17. The minimum absolute atomic E-state index is 0.277. The van der Waals surface area contributed by atoms with Crippen molar-refractivity contribution in [3.63, 3.8) is 0 Å². The highest BCUT2D eigenvalue weighted by Crippen LogP contribution is 2.17. The van der Waals surface area contributed by atoms with Crippen LogP contribution in [-0.2, 0) is 0 Å². The molecule has 1 heterocycles. The second kappa shape index (κ2) is 7.19. The van der Waals surface area contributed by atoms with Crippen LogP contribution in [0.1, 0.15) is 27.5 Å². The lowest BCUT2D eigenvalue weighted by molar-refractivity contribution is 0.0948. The van der Waals surface area contributed by atoms with Crippen molar-refractivity contribution in [3.8, 4) is 0 Å². The van der Waals surface area contributed by atoms with Crippen LogP contribution in [0.2, 0.25) is 0 Å². The molecule has 0 spiro atoms. The highest BCUT2D eigenvalue weighted by molar-refractivity contribution is 5.95. The SMILES string of the molecule is C=C[C@@H](c1ccccc1)n1cc(C)c(=O)n(C(=O)c2ccccc2)c1=O. The zero-order valence-corrected chi connectivity index (χ0v) is 14.3. The third-order valence-corrected chi connectivity index (χ3v) is 4.17. The molecule has 0 aliphatic heterocycles. The van der Waals surface area contributed by atoms with E-state index < -0.39 is 23.2 Å². The number of allylic oxidation sites excluding steroid dienone is 1. The molecule has 0 saturated carbocycles. The maximum Gasteiger partial charge on any atom is 0.339 e. The van der Waals surface area contributed by atoms with Crippen molar-refractivity contribution in [2.45, 2.75) is 13.0 Å². The lowest BCUT2D eigenvalue weighted by atomic mass is 10.1. The predicted octanol–water partition coefficient (Wildman–Crippen LogP) is 2.78. The van der Waals surface area contributed by atoms with Crippen LogP contribution in [0.4, 0.5) is 0 Å². The molecule has 0 amide bonds. The van der Waals surface area contributed by atoms with Gasteiger partial charge in [-0.3, -0.25) is 14.2 Å². The number of carbonyl (C=O) groups is 1. The summed E-state index contributed by atoms with van der Waals surface area (Å²) in [5.41, 5.74) is 0.107. The highest BCUT2D eigenvalue weighted by Gasteiger charge is 2.20. The molecule has 1 atom stereocenters. The molecule has 0 aliphatic carbocycles. The Morgan fingerprint density at radius 2 is 1.58 bits per heavy atom. The monoisotopic (exact) mass is 346 g/mol. The van der Waals surface area contributed by atoms with Gasteiger partial charge in [-0.1, -0.05) is 54.6 Å². The van der Waals surface area contributed by atoms with Gasteiger partial charge in [-0.2, -0.15) is 4.57 Å². The van der Waals surface area contributed by atoms with Crippen LogP contribution in [0.25, 0.3) is 0 Å². The van der Waals surface area contributed by atoms with Gasteiger partial charge in [0.25, 0.3) is 11.5 Å². The maximum atomic E-state index is 13.0. The molecule has 5 heteroatoms. The van der Waals surface area contributed by atoms with Gasteiger partial charge in [0.2, 0.25) is 0 Å². The molecule has 26 heavy (non-hydrogen) atoms. The molecule has 5 nitrogen and oxygen atoms in total. The van der Waals surface area contributed by atoms with Gasteiger partial charge >= 0.3 is 5.69 Å². The first-order valence-corrected chi connectivity index (χ1v) is 8.16. The maximum absolute atomic E-state index is 13.0. The van der Waals surface area contributed by atoms with Crippen molar-refractivity contribution in [2.24, 2.45) is 0 Å². The van der Waals surface area contributed by atoms with E-state index in [0.717, 1.165) is 5.56 Å². The standard InChI is InChI=1S/C21H18N2O3/c1-3-18(16-10-6-4-7-11-16)22-14-15(2)19(24)23(21(22)26)20(25)17-12-8-5-9-13-17/h3-14,18H,1H2,2H3/t18-/m0/s1. The first kappa shape index (κ1) is 17.4. The predicted molar refractivity (Wildman–Crippen MR) is 101 cm³/mol. The zero-order valence-electron chi connectivity index (χ0n) is 14.3. The molecule has 130 valence electrons. The van der Waals surface area contributed by atoms with Crippen molar-refractivity contribution < 1.29 is 4.79 Å². The number of carbonyl (C=O) groups excluding carboxylic acids is 1. The first-order valence-electron chi connectivity index (χ1n) is 8.16. The van der Waals surface area contributed by atoms with E-state index in [9.17, 15) is 14.4 Å². The molecule has 2 aromatic carbocycles. The number of hydrogen-bond donors (Lipinski definition) is 0. The molecule has 3 rings (SSSR count). The fourth-order valence-corrected chi connectivity index (χ4v) is 2.85. The van der Waals surface area contributed by atoms with E-state index in [4.69, 9.17) is 0 Å². The van der Waals surface area contributed by atoms with E-state index in [1.54, 1.807) is 43.3 Å². The molecule has 0 N–H and O–H groups in total. The fourth-order valence-electron chi connectivity index (χ4n) is 2.85. The van der Waals surface area contributed by atoms with Gasteiger partial charge in [-0.25, -0.2) is 4.79 Å². The molecule has 0 bridgehead atoms. The molecule has 0 radical (unpaired) electrons. The van der Waals surface area contributed by atoms with E-state index in [2.05, 4.69) is 6.58 Å². The van der Waals surface area contributed by atoms with Gasteiger partial charge in [0.15, 0.2) is 0 Å². The molecule has 3 aromatic rings. The Hall–Kier alpha value is -3.47. The molecule has 0 saturated heterocycles. The van der Waals surface area contributed by atoms with Gasteiger partial charge in [0.05, 0.1) is 6.04 Å². The Kier molecular flexibility index (Phi) is 4.80. The van der Waals surface area contributed by atoms with Crippen LogP contribution in [-0.4, -0.2) is 15.0 Å². The van der Waals surface area contributed by atoms with Crippen molar-refractivity contribution in [2.75, 3.05) is 0 Å². The van der Waals surface area contributed by atoms with Crippen LogP contribution in [0.5, 0.6) is 0 Å². The molecule has 0 unspecified atom stereocenters. The minimum Gasteiger partial charge on any atom is -0.289 e. The summed E-state index contributed by atoms with van der Waals surface area (Å²) in [6.45, 7) is 5.39. The second-order valence-corrected chi connectivity index (χ2v) is 5.90. The van der Waals surface area contributed by atoms with E-state index in [1.165, 1.54) is 10.8 Å². The first-order chi connectivity index (χ1) is 12.5. The van der Waals surface area contributed by atoms with Crippen molar-refractivity contribution in [1.29, 1.82) is 0 Å². The van der Waals surface area contributed by atoms with Gasteiger partial charge < -0.3 is 0 Å². The third kappa shape index (κ3) is 3.07. The Morgan fingerprint density at radius 3 is 2.15 bits per heavy atom. The Labute approximate surface area is 150 Å². The fraction of sp³-hybridized carbons (Fsp3) is 0.0952. The molecule has 1 aromatic heterocycles. The van der Waals surface area contributed by atoms with E-state index in [-0.39, 0.29) is 5.56 Å². The Balaban J connectivity index is 2.22. The summed E-state index contributed by atoms with van der Waals surface area (Å²) in [4.78, 5) is 38.3. The lowest BCUT2D eigenvalue weighted by Crippen LogP contribution is -2.45. The van der Waals surface area contributed by atoms with Crippen molar-refractivity contribution >= 4 is 5.91 Å².